The number of amides is 1. The van der Waals surface area contributed by atoms with Crippen molar-refractivity contribution in [1.29, 1.82) is 0 Å². The van der Waals surface area contributed by atoms with Crippen molar-refractivity contribution >= 4 is 5.91 Å². The number of hydrogen-bond acceptors (Lipinski definition) is 5. The Balaban J connectivity index is 1.38. The number of aryl methyl sites for hydroxylation is 2. The maximum atomic E-state index is 12.5. The monoisotopic (exact) mass is 355 g/mol. The van der Waals surface area contributed by atoms with Crippen LogP contribution in [0.15, 0.2) is 18.7 Å². The molecule has 2 atom stereocenters. The fraction of sp³-hybridized carbons (Fsp3) is 0.667. The second kappa shape index (κ2) is 5.90. The Bertz CT molecular complexity index is 823. The lowest BCUT2D eigenvalue weighted by Crippen LogP contribution is -2.47. The number of aromatic nitrogens is 5. The molecule has 1 N–H and O–H groups in total. The number of nitrogens with zero attached hydrogens (tertiary/aromatic N) is 6. The summed E-state index contributed by atoms with van der Waals surface area (Å²) in [5.74, 6) is 1.32. The number of carbonyl (C=O) groups excluding carboxylic acids is 1. The molecule has 3 aliphatic rings. The minimum atomic E-state index is -0.0363. The van der Waals surface area contributed by atoms with Gasteiger partial charge in [0.25, 0.3) is 0 Å². The normalized spacial score (nSPS) is 28.4. The van der Waals surface area contributed by atoms with Crippen LogP contribution in [-0.4, -0.2) is 48.4 Å². The highest BCUT2D eigenvalue weighted by atomic mass is 16.2. The Kier molecular flexibility index (Phi) is 3.63. The Morgan fingerprint density at radius 1 is 1.31 bits per heavy atom. The van der Waals surface area contributed by atoms with Crippen molar-refractivity contribution in [3.63, 3.8) is 0 Å². The number of rotatable bonds is 4. The predicted octanol–water partition coefficient (Wildman–Crippen LogP) is 0.875. The number of nitrogens with one attached hydrogen (secondary N) is 1. The first-order valence-corrected chi connectivity index (χ1v) is 9.51. The van der Waals surface area contributed by atoms with Crippen LogP contribution in [0.4, 0.5) is 0 Å². The summed E-state index contributed by atoms with van der Waals surface area (Å²) in [7, 11) is 1.95. The first kappa shape index (κ1) is 16.0. The summed E-state index contributed by atoms with van der Waals surface area (Å²) in [4.78, 5) is 19.5. The van der Waals surface area contributed by atoms with Crippen LogP contribution < -0.4 is 5.32 Å². The molecular weight excluding hydrogens is 330 g/mol. The van der Waals surface area contributed by atoms with Crippen LogP contribution in [0.2, 0.25) is 0 Å². The van der Waals surface area contributed by atoms with E-state index in [1.165, 1.54) is 5.56 Å². The zero-order chi connectivity index (χ0) is 17.7. The van der Waals surface area contributed by atoms with Gasteiger partial charge in [-0.15, -0.1) is 0 Å². The first-order chi connectivity index (χ1) is 12.6. The molecule has 1 aliphatic carbocycles. The molecule has 2 aliphatic heterocycles. The molecule has 2 aromatic heterocycles. The number of fused-ring (bicyclic) bond motifs is 1. The summed E-state index contributed by atoms with van der Waals surface area (Å²) in [5, 5.41) is 12.0. The summed E-state index contributed by atoms with van der Waals surface area (Å²) >= 11 is 0. The Morgan fingerprint density at radius 2 is 2.15 bits per heavy atom. The second-order valence-corrected chi connectivity index (χ2v) is 8.15. The van der Waals surface area contributed by atoms with Gasteiger partial charge in [-0.25, -0.2) is 9.67 Å². The van der Waals surface area contributed by atoms with E-state index in [1.807, 2.05) is 22.6 Å². The smallest absolute Gasteiger partial charge is 0.223 e. The summed E-state index contributed by atoms with van der Waals surface area (Å²) in [6.07, 6.45) is 9.78. The van der Waals surface area contributed by atoms with Crippen molar-refractivity contribution in [2.75, 3.05) is 13.1 Å². The molecule has 5 rings (SSSR count). The third-order valence-electron chi connectivity index (χ3n) is 6.20. The molecule has 1 saturated carbocycles. The van der Waals surface area contributed by atoms with Crippen LogP contribution in [0, 0.1) is 11.3 Å². The summed E-state index contributed by atoms with van der Waals surface area (Å²) < 4.78 is 3.82. The third kappa shape index (κ3) is 2.72. The molecule has 0 unspecified atom stereocenters. The molecule has 26 heavy (non-hydrogen) atoms. The molecule has 8 heteroatoms. The maximum absolute atomic E-state index is 12.5. The average Bonchev–Trinajstić information content (AvgIpc) is 3.03. The van der Waals surface area contributed by atoms with Crippen LogP contribution in [0.25, 0.3) is 0 Å². The summed E-state index contributed by atoms with van der Waals surface area (Å²) in [5.41, 5.74) is 1.29. The van der Waals surface area contributed by atoms with E-state index in [9.17, 15) is 4.79 Å². The fourth-order valence-corrected chi connectivity index (χ4v) is 4.61. The average molecular weight is 355 g/mol. The van der Waals surface area contributed by atoms with Crippen molar-refractivity contribution in [3.8, 4) is 0 Å². The molecule has 0 radical (unpaired) electrons. The molecule has 1 amide bonds. The molecule has 4 heterocycles. The van der Waals surface area contributed by atoms with Gasteiger partial charge in [0, 0.05) is 49.8 Å². The van der Waals surface area contributed by atoms with Gasteiger partial charge in [-0.05, 0) is 32.2 Å². The largest absolute Gasteiger partial charge is 0.345 e. The highest BCUT2D eigenvalue weighted by Gasteiger charge is 2.50. The second-order valence-electron chi connectivity index (χ2n) is 8.15. The van der Waals surface area contributed by atoms with E-state index in [-0.39, 0.29) is 23.3 Å². The van der Waals surface area contributed by atoms with Crippen LogP contribution >= 0.6 is 0 Å². The van der Waals surface area contributed by atoms with E-state index in [1.54, 1.807) is 6.33 Å². The first-order valence-electron chi connectivity index (χ1n) is 9.51. The molecule has 0 bridgehead atoms. The number of carbonyl (C=O) groups is 1. The molecule has 1 spiro atoms. The quantitative estimate of drug-likeness (QED) is 0.880. The van der Waals surface area contributed by atoms with E-state index in [2.05, 4.69) is 31.6 Å². The van der Waals surface area contributed by atoms with E-state index in [4.69, 9.17) is 0 Å². The van der Waals surface area contributed by atoms with Crippen molar-refractivity contribution in [2.24, 2.45) is 18.4 Å². The topological polar surface area (TPSA) is 80.9 Å². The Hall–Kier alpha value is -2.22. The van der Waals surface area contributed by atoms with Gasteiger partial charge in [-0.2, -0.15) is 10.2 Å². The number of likely N-dealkylation sites (tertiary alicyclic amines) is 1. The highest BCUT2D eigenvalue weighted by molar-refractivity contribution is 5.81. The van der Waals surface area contributed by atoms with Crippen LogP contribution in [0.1, 0.15) is 43.1 Å². The van der Waals surface area contributed by atoms with E-state index in [0.29, 0.717) is 0 Å². The van der Waals surface area contributed by atoms with Gasteiger partial charge in [0.2, 0.25) is 5.91 Å². The Morgan fingerprint density at radius 3 is 2.92 bits per heavy atom. The van der Waals surface area contributed by atoms with E-state index >= 15 is 0 Å². The van der Waals surface area contributed by atoms with Gasteiger partial charge in [-0.1, -0.05) is 0 Å². The summed E-state index contributed by atoms with van der Waals surface area (Å²) in [6, 6.07) is -0.0363. The van der Waals surface area contributed by atoms with Gasteiger partial charge in [0.05, 0.1) is 12.2 Å². The van der Waals surface area contributed by atoms with Gasteiger partial charge in [0.1, 0.15) is 12.2 Å². The van der Waals surface area contributed by atoms with Gasteiger partial charge < -0.3 is 5.32 Å². The standard InChI is InChI=1S/C18H25N7O/c1-23-9-13(8-20-23)10-24-6-4-18(11-24)5-7-25-16(19-12-21-25)15(18)22-17(26)14-2-3-14/h8-9,12,14-15H,2-7,10-11H2,1H3,(H,22,26)/t15-,18+/m0/s1. The van der Waals surface area contributed by atoms with Crippen molar-refractivity contribution in [1.82, 2.24) is 34.8 Å². The molecule has 2 fully saturated rings. The van der Waals surface area contributed by atoms with Crippen LogP contribution in [0.3, 0.4) is 0 Å². The molecule has 2 aromatic rings. The Labute approximate surface area is 152 Å². The van der Waals surface area contributed by atoms with Crippen molar-refractivity contribution < 1.29 is 4.79 Å². The molecular formula is C18H25N7O. The van der Waals surface area contributed by atoms with Crippen LogP contribution in [0.5, 0.6) is 0 Å². The lowest BCUT2D eigenvalue weighted by atomic mass is 9.74. The lowest BCUT2D eigenvalue weighted by molar-refractivity contribution is -0.124. The molecule has 8 nitrogen and oxygen atoms in total. The van der Waals surface area contributed by atoms with Crippen molar-refractivity contribution in [2.45, 2.75) is 44.8 Å². The van der Waals surface area contributed by atoms with Crippen molar-refractivity contribution in [3.05, 3.63) is 30.1 Å². The predicted molar refractivity (Wildman–Crippen MR) is 93.8 cm³/mol. The minimum Gasteiger partial charge on any atom is -0.345 e. The van der Waals surface area contributed by atoms with Crippen LogP contribution in [-0.2, 0) is 24.9 Å². The molecule has 1 saturated heterocycles. The molecule has 0 aromatic carbocycles. The third-order valence-corrected chi connectivity index (χ3v) is 6.20. The fourth-order valence-electron chi connectivity index (χ4n) is 4.61. The highest BCUT2D eigenvalue weighted by Crippen LogP contribution is 2.48. The number of hydrogen-bond donors (Lipinski definition) is 1. The molecule has 138 valence electrons. The summed E-state index contributed by atoms with van der Waals surface area (Å²) in [6.45, 7) is 3.81. The van der Waals surface area contributed by atoms with Gasteiger partial charge in [0.15, 0.2) is 0 Å². The van der Waals surface area contributed by atoms with Gasteiger partial charge >= 0.3 is 0 Å². The zero-order valence-electron chi connectivity index (χ0n) is 15.1. The van der Waals surface area contributed by atoms with Gasteiger partial charge in [-0.3, -0.25) is 14.4 Å². The SMILES string of the molecule is Cn1cc(CN2CC[C@@]3(CCn4ncnc4[C@@H]3NC(=O)C3CC3)C2)cn1. The van der Waals surface area contributed by atoms with E-state index in [0.717, 1.165) is 57.7 Å². The maximum Gasteiger partial charge on any atom is 0.223 e. The lowest BCUT2D eigenvalue weighted by Gasteiger charge is -2.41. The minimum absolute atomic E-state index is 0.0363. The van der Waals surface area contributed by atoms with E-state index < -0.39 is 0 Å². The zero-order valence-corrected chi connectivity index (χ0v) is 15.1.